The van der Waals surface area contributed by atoms with E-state index in [4.69, 9.17) is 5.73 Å². The monoisotopic (exact) mass is 202 g/mol. The van der Waals surface area contributed by atoms with Crippen molar-refractivity contribution in [2.24, 2.45) is 5.73 Å². The third-order valence-electron chi connectivity index (χ3n) is 3.79. The number of nitrogens with one attached hydrogen (secondary N) is 1. The molecule has 1 aliphatic carbocycles. The van der Waals surface area contributed by atoms with Crippen molar-refractivity contribution in [3.05, 3.63) is 35.4 Å². The van der Waals surface area contributed by atoms with Crippen LogP contribution in [0.15, 0.2) is 24.3 Å². The van der Waals surface area contributed by atoms with Crippen LogP contribution in [0.4, 0.5) is 0 Å². The Labute approximate surface area is 90.9 Å². The van der Waals surface area contributed by atoms with Crippen LogP contribution in [0.3, 0.4) is 0 Å². The smallest absolute Gasteiger partial charge is 0.0414 e. The SMILES string of the molecule is NC1(c2ccccc2C2CCNC2)CC1. The highest BCUT2D eigenvalue weighted by Gasteiger charge is 2.42. The van der Waals surface area contributed by atoms with Crippen LogP contribution in [-0.2, 0) is 5.54 Å². The molecule has 3 N–H and O–H groups in total. The summed E-state index contributed by atoms with van der Waals surface area (Å²) in [5.41, 5.74) is 9.22. The maximum atomic E-state index is 6.32. The molecule has 2 heteroatoms. The van der Waals surface area contributed by atoms with Gasteiger partial charge in [-0.3, -0.25) is 0 Å². The highest BCUT2D eigenvalue weighted by molar-refractivity contribution is 5.40. The summed E-state index contributed by atoms with van der Waals surface area (Å²) in [5.74, 6) is 0.683. The minimum atomic E-state index is 0.0131. The molecule has 1 heterocycles. The Morgan fingerprint density at radius 2 is 2.07 bits per heavy atom. The number of hydrogen-bond donors (Lipinski definition) is 2. The molecule has 1 aromatic rings. The Morgan fingerprint density at radius 3 is 2.73 bits per heavy atom. The largest absolute Gasteiger partial charge is 0.321 e. The van der Waals surface area contributed by atoms with Gasteiger partial charge in [-0.1, -0.05) is 24.3 Å². The van der Waals surface area contributed by atoms with Gasteiger partial charge >= 0.3 is 0 Å². The van der Waals surface area contributed by atoms with E-state index in [2.05, 4.69) is 29.6 Å². The van der Waals surface area contributed by atoms with E-state index in [1.54, 1.807) is 0 Å². The minimum absolute atomic E-state index is 0.0131. The van der Waals surface area contributed by atoms with Crippen LogP contribution >= 0.6 is 0 Å². The van der Waals surface area contributed by atoms with Crippen molar-refractivity contribution in [2.45, 2.75) is 30.7 Å². The van der Waals surface area contributed by atoms with Gasteiger partial charge in [0.2, 0.25) is 0 Å². The summed E-state index contributed by atoms with van der Waals surface area (Å²) in [4.78, 5) is 0. The van der Waals surface area contributed by atoms with Crippen molar-refractivity contribution in [2.75, 3.05) is 13.1 Å². The zero-order chi connectivity index (χ0) is 10.3. The highest BCUT2D eigenvalue weighted by Crippen LogP contribution is 2.45. The zero-order valence-corrected chi connectivity index (χ0v) is 9.00. The second-order valence-electron chi connectivity index (χ2n) is 4.93. The molecule has 0 aromatic heterocycles. The van der Waals surface area contributed by atoms with Crippen LogP contribution in [0.2, 0.25) is 0 Å². The molecule has 0 spiro atoms. The molecule has 80 valence electrons. The van der Waals surface area contributed by atoms with Gasteiger partial charge in [-0.25, -0.2) is 0 Å². The average molecular weight is 202 g/mol. The quantitative estimate of drug-likeness (QED) is 0.766. The number of benzene rings is 1. The fourth-order valence-corrected chi connectivity index (χ4v) is 2.63. The van der Waals surface area contributed by atoms with E-state index in [1.807, 2.05) is 0 Å². The predicted octanol–water partition coefficient (Wildman–Crippen LogP) is 1.71. The summed E-state index contributed by atoms with van der Waals surface area (Å²) in [6, 6.07) is 8.75. The average Bonchev–Trinajstić information content (AvgIpc) is 2.84. The Balaban J connectivity index is 1.98. The fourth-order valence-electron chi connectivity index (χ4n) is 2.63. The van der Waals surface area contributed by atoms with Crippen LogP contribution < -0.4 is 11.1 Å². The van der Waals surface area contributed by atoms with Crippen molar-refractivity contribution in [1.29, 1.82) is 0 Å². The number of rotatable bonds is 2. The van der Waals surface area contributed by atoms with E-state index in [0.717, 1.165) is 25.9 Å². The van der Waals surface area contributed by atoms with Crippen LogP contribution in [-0.4, -0.2) is 13.1 Å². The van der Waals surface area contributed by atoms with E-state index < -0.39 is 0 Å². The van der Waals surface area contributed by atoms with Gasteiger partial charge in [-0.2, -0.15) is 0 Å². The standard InChI is InChI=1S/C13H18N2/c14-13(6-7-13)12-4-2-1-3-11(12)10-5-8-15-9-10/h1-4,10,15H,5-9,14H2. The van der Waals surface area contributed by atoms with E-state index in [0.29, 0.717) is 5.92 Å². The van der Waals surface area contributed by atoms with Crippen LogP contribution in [0, 0.1) is 0 Å². The first-order valence-corrected chi connectivity index (χ1v) is 5.89. The van der Waals surface area contributed by atoms with Gasteiger partial charge in [0.1, 0.15) is 0 Å². The maximum Gasteiger partial charge on any atom is 0.0414 e. The van der Waals surface area contributed by atoms with E-state index in [9.17, 15) is 0 Å². The first-order chi connectivity index (χ1) is 7.30. The van der Waals surface area contributed by atoms with Gasteiger partial charge in [-0.05, 0) is 42.9 Å². The first kappa shape index (κ1) is 9.37. The first-order valence-electron chi connectivity index (χ1n) is 5.89. The predicted molar refractivity (Wildman–Crippen MR) is 61.8 cm³/mol. The van der Waals surface area contributed by atoms with Crippen molar-refractivity contribution < 1.29 is 0 Å². The van der Waals surface area contributed by atoms with E-state index >= 15 is 0 Å². The summed E-state index contributed by atoms with van der Waals surface area (Å²) in [7, 11) is 0. The molecule has 1 atom stereocenters. The van der Waals surface area contributed by atoms with Gasteiger partial charge < -0.3 is 11.1 Å². The lowest BCUT2D eigenvalue weighted by molar-refractivity contribution is 0.685. The number of nitrogens with two attached hydrogens (primary N) is 1. The lowest BCUT2D eigenvalue weighted by Gasteiger charge is -2.19. The molecule has 2 aliphatic rings. The molecule has 1 unspecified atom stereocenters. The third kappa shape index (κ3) is 1.58. The summed E-state index contributed by atoms with van der Waals surface area (Å²) in [6.07, 6.45) is 3.57. The lowest BCUT2D eigenvalue weighted by atomic mass is 9.89. The van der Waals surface area contributed by atoms with Crippen molar-refractivity contribution in [1.82, 2.24) is 5.32 Å². The van der Waals surface area contributed by atoms with Gasteiger partial charge in [0.15, 0.2) is 0 Å². The molecular formula is C13H18N2. The molecule has 2 fully saturated rings. The second kappa shape index (κ2) is 3.32. The Hall–Kier alpha value is -0.860. The summed E-state index contributed by atoms with van der Waals surface area (Å²) in [5, 5.41) is 3.43. The lowest BCUT2D eigenvalue weighted by Crippen LogP contribution is -2.22. The van der Waals surface area contributed by atoms with Crippen LogP contribution in [0.1, 0.15) is 36.3 Å². The molecule has 1 saturated carbocycles. The number of hydrogen-bond acceptors (Lipinski definition) is 2. The zero-order valence-electron chi connectivity index (χ0n) is 9.00. The van der Waals surface area contributed by atoms with Crippen molar-refractivity contribution >= 4 is 0 Å². The Bertz CT molecular complexity index is 363. The molecule has 0 amide bonds. The molecule has 1 saturated heterocycles. The molecule has 15 heavy (non-hydrogen) atoms. The summed E-state index contributed by atoms with van der Waals surface area (Å²) < 4.78 is 0. The van der Waals surface area contributed by atoms with Gasteiger partial charge in [0, 0.05) is 12.1 Å². The highest BCUT2D eigenvalue weighted by atomic mass is 14.9. The van der Waals surface area contributed by atoms with Crippen molar-refractivity contribution in [3.8, 4) is 0 Å². The Morgan fingerprint density at radius 1 is 1.27 bits per heavy atom. The molecule has 3 rings (SSSR count). The normalized spacial score (nSPS) is 27.9. The fraction of sp³-hybridized carbons (Fsp3) is 0.538. The van der Waals surface area contributed by atoms with Gasteiger partial charge in [0.25, 0.3) is 0 Å². The molecule has 2 nitrogen and oxygen atoms in total. The molecule has 1 aromatic carbocycles. The van der Waals surface area contributed by atoms with E-state index in [-0.39, 0.29) is 5.54 Å². The summed E-state index contributed by atoms with van der Waals surface area (Å²) >= 11 is 0. The minimum Gasteiger partial charge on any atom is -0.321 e. The Kier molecular flexibility index (Phi) is 2.08. The van der Waals surface area contributed by atoms with Crippen LogP contribution in [0.5, 0.6) is 0 Å². The summed E-state index contributed by atoms with van der Waals surface area (Å²) in [6.45, 7) is 2.27. The topological polar surface area (TPSA) is 38.0 Å². The maximum absolute atomic E-state index is 6.32. The van der Waals surface area contributed by atoms with Gasteiger partial charge in [-0.15, -0.1) is 0 Å². The molecular weight excluding hydrogens is 184 g/mol. The second-order valence-corrected chi connectivity index (χ2v) is 4.93. The molecule has 0 radical (unpaired) electrons. The molecule has 0 bridgehead atoms. The van der Waals surface area contributed by atoms with E-state index in [1.165, 1.54) is 17.5 Å². The third-order valence-corrected chi connectivity index (χ3v) is 3.79. The van der Waals surface area contributed by atoms with Crippen molar-refractivity contribution in [3.63, 3.8) is 0 Å². The molecule has 1 aliphatic heterocycles. The van der Waals surface area contributed by atoms with Gasteiger partial charge in [0.05, 0.1) is 0 Å². The van der Waals surface area contributed by atoms with Crippen LogP contribution in [0.25, 0.3) is 0 Å².